The number of carboxylic acids is 1. The lowest BCUT2D eigenvalue weighted by molar-refractivity contribution is -0.138. The van der Waals surface area contributed by atoms with Gasteiger partial charge in [0.2, 0.25) is 0 Å². The predicted octanol–water partition coefficient (Wildman–Crippen LogP) is 2.39. The molecule has 0 spiro atoms. The maximum absolute atomic E-state index is 11.0. The molecule has 6 nitrogen and oxygen atoms in total. The molecular formula is C13H22N4O2. The Labute approximate surface area is 113 Å². The molecule has 106 valence electrons. The summed E-state index contributed by atoms with van der Waals surface area (Å²) >= 11 is 0. The zero-order valence-corrected chi connectivity index (χ0v) is 11.6. The molecule has 0 aromatic carbocycles. The third-order valence-corrected chi connectivity index (χ3v) is 3.96. The molecule has 0 amide bonds. The minimum absolute atomic E-state index is 0.0719. The van der Waals surface area contributed by atoms with Crippen LogP contribution in [-0.4, -0.2) is 31.3 Å². The molecule has 2 rings (SSSR count). The number of aliphatic carboxylic acids is 1. The Morgan fingerprint density at radius 2 is 2.05 bits per heavy atom. The molecule has 1 heterocycles. The molecular weight excluding hydrogens is 244 g/mol. The third-order valence-electron chi connectivity index (χ3n) is 3.96. The first-order chi connectivity index (χ1) is 9.09. The number of tetrazole rings is 1. The molecule has 1 aromatic heterocycles. The molecule has 19 heavy (non-hydrogen) atoms. The van der Waals surface area contributed by atoms with Gasteiger partial charge in [0, 0.05) is 5.92 Å². The Kier molecular flexibility index (Phi) is 4.50. The highest BCUT2D eigenvalue weighted by Gasteiger charge is 2.28. The highest BCUT2D eigenvalue weighted by molar-refractivity contribution is 5.67. The van der Waals surface area contributed by atoms with E-state index in [1.807, 2.05) is 13.8 Å². The molecule has 1 atom stereocenters. The van der Waals surface area contributed by atoms with Gasteiger partial charge in [-0.25, -0.2) is 4.68 Å². The molecule has 0 bridgehead atoms. The Hall–Kier alpha value is -1.46. The topological polar surface area (TPSA) is 80.9 Å². The summed E-state index contributed by atoms with van der Waals surface area (Å²) in [6.45, 7) is 4.03. The van der Waals surface area contributed by atoms with Crippen LogP contribution >= 0.6 is 0 Å². The van der Waals surface area contributed by atoms with Gasteiger partial charge in [0.15, 0.2) is 5.82 Å². The van der Waals surface area contributed by atoms with Crippen molar-refractivity contribution in [2.75, 3.05) is 0 Å². The maximum atomic E-state index is 11.0. The van der Waals surface area contributed by atoms with Crippen molar-refractivity contribution in [2.24, 2.45) is 5.92 Å². The molecule has 6 heteroatoms. The SMILES string of the molecule is CC(C)C(CC(=O)O)n1nnnc1C1CCCCC1. The second kappa shape index (κ2) is 6.12. The minimum Gasteiger partial charge on any atom is -0.481 e. The molecule has 1 saturated carbocycles. The number of carbonyl (C=O) groups is 1. The third kappa shape index (κ3) is 3.30. The fourth-order valence-electron chi connectivity index (χ4n) is 2.85. The number of nitrogens with zero attached hydrogens (tertiary/aromatic N) is 4. The Bertz CT molecular complexity index is 424. The summed E-state index contributed by atoms with van der Waals surface area (Å²) in [5.74, 6) is 0.657. The van der Waals surface area contributed by atoms with E-state index in [2.05, 4.69) is 15.5 Å². The van der Waals surface area contributed by atoms with Gasteiger partial charge in [0.25, 0.3) is 0 Å². The minimum atomic E-state index is -0.802. The fraction of sp³-hybridized carbons (Fsp3) is 0.846. The summed E-state index contributed by atoms with van der Waals surface area (Å²) in [4.78, 5) is 11.0. The predicted molar refractivity (Wildman–Crippen MR) is 69.8 cm³/mol. The summed E-state index contributed by atoms with van der Waals surface area (Å²) in [7, 11) is 0. The summed E-state index contributed by atoms with van der Waals surface area (Å²) in [6.07, 6.45) is 5.99. The fourth-order valence-corrected chi connectivity index (χ4v) is 2.85. The van der Waals surface area contributed by atoms with E-state index in [-0.39, 0.29) is 18.4 Å². The van der Waals surface area contributed by atoms with Crippen molar-refractivity contribution >= 4 is 5.97 Å². The largest absolute Gasteiger partial charge is 0.481 e. The van der Waals surface area contributed by atoms with Crippen LogP contribution in [0.3, 0.4) is 0 Å². The first-order valence-electron chi connectivity index (χ1n) is 7.09. The van der Waals surface area contributed by atoms with Gasteiger partial charge in [-0.3, -0.25) is 4.79 Å². The second-order valence-corrected chi connectivity index (χ2v) is 5.73. The number of hydrogen-bond acceptors (Lipinski definition) is 4. The van der Waals surface area contributed by atoms with Crippen molar-refractivity contribution < 1.29 is 9.90 Å². The molecule has 1 N–H and O–H groups in total. The van der Waals surface area contributed by atoms with Crippen molar-refractivity contribution in [3.63, 3.8) is 0 Å². The van der Waals surface area contributed by atoms with Crippen molar-refractivity contribution in [3.05, 3.63) is 5.82 Å². The average Bonchev–Trinajstić information content (AvgIpc) is 2.85. The summed E-state index contributed by atoms with van der Waals surface area (Å²) in [5.41, 5.74) is 0. The van der Waals surface area contributed by atoms with Crippen LogP contribution < -0.4 is 0 Å². The monoisotopic (exact) mass is 266 g/mol. The number of carboxylic acid groups (broad SMARTS) is 1. The van der Waals surface area contributed by atoms with E-state index in [9.17, 15) is 4.79 Å². The van der Waals surface area contributed by atoms with Crippen LogP contribution in [0.2, 0.25) is 0 Å². The zero-order valence-electron chi connectivity index (χ0n) is 11.6. The van der Waals surface area contributed by atoms with Crippen molar-refractivity contribution in [2.45, 2.75) is 64.3 Å². The smallest absolute Gasteiger partial charge is 0.305 e. The second-order valence-electron chi connectivity index (χ2n) is 5.73. The highest BCUT2D eigenvalue weighted by Crippen LogP contribution is 2.33. The molecule has 1 fully saturated rings. The van der Waals surface area contributed by atoms with E-state index >= 15 is 0 Å². The van der Waals surface area contributed by atoms with Gasteiger partial charge in [-0.2, -0.15) is 0 Å². The summed E-state index contributed by atoms with van der Waals surface area (Å²) in [6, 6.07) is -0.163. The van der Waals surface area contributed by atoms with E-state index in [1.165, 1.54) is 19.3 Å². The van der Waals surface area contributed by atoms with Gasteiger partial charge in [-0.05, 0) is 29.2 Å². The van der Waals surface area contributed by atoms with Crippen LogP contribution in [0.4, 0.5) is 0 Å². The maximum Gasteiger partial charge on any atom is 0.305 e. The number of aromatic nitrogens is 4. The quantitative estimate of drug-likeness (QED) is 0.885. The highest BCUT2D eigenvalue weighted by atomic mass is 16.4. The molecule has 1 unspecified atom stereocenters. The van der Waals surface area contributed by atoms with E-state index in [0.717, 1.165) is 18.7 Å². The van der Waals surface area contributed by atoms with Crippen LogP contribution in [-0.2, 0) is 4.79 Å². The van der Waals surface area contributed by atoms with Crippen LogP contribution in [0.5, 0.6) is 0 Å². The van der Waals surface area contributed by atoms with Gasteiger partial charge >= 0.3 is 5.97 Å². The van der Waals surface area contributed by atoms with Gasteiger partial charge in [0.1, 0.15) is 0 Å². The van der Waals surface area contributed by atoms with Gasteiger partial charge in [-0.1, -0.05) is 33.1 Å². The van der Waals surface area contributed by atoms with Crippen molar-refractivity contribution in [1.29, 1.82) is 0 Å². The summed E-state index contributed by atoms with van der Waals surface area (Å²) in [5, 5.41) is 21.0. The lowest BCUT2D eigenvalue weighted by Gasteiger charge is -2.25. The molecule has 1 aliphatic rings. The number of rotatable bonds is 5. The van der Waals surface area contributed by atoms with Crippen molar-refractivity contribution in [1.82, 2.24) is 20.2 Å². The molecule has 1 aliphatic carbocycles. The summed E-state index contributed by atoms with van der Waals surface area (Å²) < 4.78 is 1.76. The Balaban J connectivity index is 2.22. The normalized spacial score (nSPS) is 18.7. The van der Waals surface area contributed by atoms with Gasteiger partial charge in [-0.15, -0.1) is 5.10 Å². The number of hydrogen-bond donors (Lipinski definition) is 1. The first-order valence-corrected chi connectivity index (χ1v) is 7.09. The van der Waals surface area contributed by atoms with E-state index in [4.69, 9.17) is 5.11 Å². The van der Waals surface area contributed by atoms with E-state index in [1.54, 1.807) is 4.68 Å². The van der Waals surface area contributed by atoms with Crippen LogP contribution in [0.1, 0.15) is 70.2 Å². The van der Waals surface area contributed by atoms with Crippen molar-refractivity contribution in [3.8, 4) is 0 Å². The molecule has 0 aliphatic heterocycles. The van der Waals surface area contributed by atoms with Gasteiger partial charge < -0.3 is 5.11 Å². The first kappa shape index (κ1) is 14.0. The van der Waals surface area contributed by atoms with Crippen LogP contribution in [0.15, 0.2) is 0 Å². The zero-order chi connectivity index (χ0) is 13.8. The molecule has 1 aromatic rings. The van der Waals surface area contributed by atoms with Crippen LogP contribution in [0, 0.1) is 5.92 Å². The van der Waals surface area contributed by atoms with E-state index in [0.29, 0.717) is 5.92 Å². The lowest BCUT2D eigenvalue weighted by atomic mass is 9.88. The van der Waals surface area contributed by atoms with Gasteiger partial charge in [0.05, 0.1) is 12.5 Å². The lowest BCUT2D eigenvalue weighted by Crippen LogP contribution is -2.24. The van der Waals surface area contributed by atoms with E-state index < -0.39 is 5.97 Å². The standard InChI is InChI=1S/C13H22N4O2/c1-9(2)11(8-12(18)19)17-13(14-15-16-17)10-6-4-3-5-7-10/h9-11H,3-8H2,1-2H3,(H,18,19). The Morgan fingerprint density at radius 1 is 1.37 bits per heavy atom. The van der Waals surface area contributed by atoms with Crippen LogP contribution in [0.25, 0.3) is 0 Å². The molecule has 0 radical (unpaired) electrons. The Morgan fingerprint density at radius 3 is 2.63 bits per heavy atom. The molecule has 0 saturated heterocycles. The average molecular weight is 266 g/mol.